The summed E-state index contributed by atoms with van der Waals surface area (Å²) in [5.41, 5.74) is 0. The van der Waals surface area contributed by atoms with Gasteiger partial charge in [0.05, 0.1) is 0 Å². The lowest BCUT2D eigenvalue weighted by atomic mass is 9.96. The molecule has 1 aliphatic carbocycles. The molecule has 0 amide bonds. The largest absolute Gasteiger partial charge is 0.313 e. The molecule has 0 aromatic rings. The molecule has 2 rings (SSSR count). The van der Waals surface area contributed by atoms with Gasteiger partial charge in [-0.1, -0.05) is 0 Å². The van der Waals surface area contributed by atoms with Gasteiger partial charge in [-0.05, 0) is 32.2 Å². The molecule has 2 nitrogen and oxygen atoms in total. The molecule has 2 aliphatic rings. The monoisotopic (exact) mass is 153 g/mol. The summed E-state index contributed by atoms with van der Waals surface area (Å²) in [6, 6.07) is 0.532. The first-order valence-electron chi connectivity index (χ1n) is 4.64. The standard InChI is InChI=1S/C9H15NO/c11-9-5-1-3-7(9)8-4-2-6-10-8/h7-8,10H,1-6H2/t7-,8-/m1/s1. The van der Waals surface area contributed by atoms with E-state index >= 15 is 0 Å². The van der Waals surface area contributed by atoms with Crippen LogP contribution in [0.1, 0.15) is 32.1 Å². The van der Waals surface area contributed by atoms with Crippen molar-refractivity contribution in [2.75, 3.05) is 6.54 Å². The van der Waals surface area contributed by atoms with Crippen molar-refractivity contribution in [3.05, 3.63) is 0 Å². The van der Waals surface area contributed by atoms with Gasteiger partial charge in [-0.3, -0.25) is 4.79 Å². The Labute approximate surface area is 67.4 Å². The van der Waals surface area contributed by atoms with Crippen LogP contribution in [0.15, 0.2) is 0 Å². The Morgan fingerprint density at radius 3 is 2.73 bits per heavy atom. The molecule has 2 heteroatoms. The minimum atomic E-state index is 0.373. The topological polar surface area (TPSA) is 29.1 Å². The number of Topliss-reactive ketones (excluding diaryl/α,β-unsaturated/α-hetero) is 1. The van der Waals surface area contributed by atoms with Crippen molar-refractivity contribution in [3.8, 4) is 0 Å². The molecule has 1 N–H and O–H groups in total. The summed E-state index contributed by atoms with van der Waals surface area (Å²) in [4.78, 5) is 11.3. The first-order valence-corrected chi connectivity index (χ1v) is 4.64. The molecular weight excluding hydrogens is 138 g/mol. The number of hydrogen-bond donors (Lipinski definition) is 1. The van der Waals surface area contributed by atoms with Crippen LogP contribution in [0.5, 0.6) is 0 Å². The van der Waals surface area contributed by atoms with Crippen LogP contribution in [0.2, 0.25) is 0 Å². The lowest BCUT2D eigenvalue weighted by molar-refractivity contribution is -0.121. The molecule has 0 aromatic heterocycles. The van der Waals surface area contributed by atoms with Crippen LogP contribution in [0.3, 0.4) is 0 Å². The Balaban J connectivity index is 1.97. The second kappa shape index (κ2) is 2.94. The predicted molar refractivity (Wildman–Crippen MR) is 43.4 cm³/mol. The summed E-state index contributed by atoms with van der Waals surface area (Å²) in [5.74, 6) is 0.877. The van der Waals surface area contributed by atoms with E-state index in [0.717, 1.165) is 25.8 Å². The summed E-state index contributed by atoms with van der Waals surface area (Å²) in [7, 11) is 0. The van der Waals surface area contributed by atoms with E-state index < -0.39 is 0 Å². The quantitative estimate of drug-likeness (QED) is 0.611. The van der Waals surface area contributed by atoms with Gasteiger partial charge >= 0.3 is 0 Å². The zero-order valence-electron chi connectivity index (χ0n) is 6.81. The van der Waals surface area contributed by atoms with E-state index in [1.165, 1.54) is 12.8 Å². The number of hydrogen-bond acceptors (Lipinski definition) is 2. The first-order chi connectivity index (χ1) is 5.38. The highest BCUT2D eigenvalue weighted by molar-refractivity contribution is 5.83. The predicted octanol–water partition coefficient (Wildman–Crippen LogP) is 1.11. The maximum Gasteiger partial charge on any atom is 0.137 e. The number of carbonyl (C=O) groups is 1. The highest BCUT2D eigenvalue weighted by atomic mass is 16.1. The van der Waals surface area contributed by atoms with Crippen LogP contribution in [0.25, 0.3) is 0 Å². The van der Waals surface area contributed by atoms with Crippen LogP contribution >= 0.6 is 0 Å². The van der Waals surface area contributed by atoms with Crippen LogP contribution in [0, 0.1) is 5.92 Å². The summed E-state index contributed by atoms with van der Waals surface area (Å²) >= 11 is 0. The molecule has 62 valence electrons. The van der Waals surface area contributed by atoms with E-state index in [1.807, 2.05) is 0 Å². The zero-order chi connectivity index (χ0) is 7.68. The number of ketones is 1. The maximum atomic E-state index is 11.3. The third-order valence-corrected chi connectivity index (χ3v) is 2.94. The maximum absolute atomic E-state index is 11.3. The lowest BCUT2D eigenvalue weighted by Gasteiger charge is -2.15. The summed E-state index contributed by atoms with van der Waals surface area (Å²) in [5, 5.41) is 3.41. The van der Waals surface area contributed by atoms with Gasteiger partial charge in [0.15, 0.2) is 0 Å². The van der Waals surface area contributed by atoms with Crippen molar-refractivity contribution in [2.24, 2.45) is 5.92 Å². The van der Waals surface area contributed by atoms with Gasteiger partial charge in [-0.25, -0.2) is 0 Å². The zero-order valence-corrected chi connectivity index (χ0v) is 6.81. The summed E-state index contributed by atoms with van der Waals surface area (Å²) in [6.45, 7) is 1.12. The van der Waals surface area contributed by atoms with Crippen molar-refractivity contribution in [1.82, 2.24) is 5.32 Å². The van der Waals surface area contributed by atoms with Crippen LogP contribution < -0.4 is 5.32 Å². The van der Waals surface area contributed by atoms with Gasteiger partial charge in [0.1, 0.15) is 5.78 Å². The first kappa shape index (κ1) is 7.29. The van der Waals surface area contributed by atoms with Gasteiger partial charge in [-0.15, -0.1) is 0 Å². The molecule has 2 fully saturated rings. The van der Waals surface area contributed by atoms with Crippen molar-refractivity contribution in [3.63, 3.8) is 0 Å². The molecule has 1 saturated carbocycles. The third kappa shape index (κ3) is 1.32. The number of nitrogens with one attached hydrogen (secondary N) is 1. The van der Waals surface area contributed by atoms with E-state index in [1.54, 1.807) is 0 Å². The van der Waals surface area contributed by atoms with Crippen molar-refractivity contribution >= 4 is 5.78 Å². The second-order valence-corrected chi connectivity index (χ2v) is 3.67. The fourth-order valence-corrected chi connectivity index (χ4v) is 2.32. The summed E-state index contributed by atoms with van der Waals surface area (Å²) < 4.78 is 0. The van der Waals surface area contributed by atoms with Gasteiger partial charge in [0, 0.05) is 18.4 Å². The molecule has 0 bridgehead atoms. The van der Waals surface area contributed by atoms with E-state index in [2.05, 4.69) is 5.32 Å². The van der Waals surface area contributed by atoms with Gasteiger partial charge < -0.3 is 5.32 Å². The molecule has 0 unspecified atom stereocenters. The van der Waals surface area contributed by atoms with Crippen molar-refractivity contribution in [1.29, 1.82) is 0 Å². The molecule has 1 heterocycles. The van der Waals surface area contributed by atoms with Gasteiger partial charge in [0.25, 0.3) is 0 Å². The average Bonchev–Trinajstić information content (AvgIpc) is 2.55. The van der Waals surface area contributed by atoms with E-state index in [-0.39, 0.29) is 0 Å². The summed E-state index contributed by atoms with van der Waals surface area (Å²) in [6.07, 6.45) is 5.58. The van der Waals surface area contributed by atoms with E-state index in [9.17, 15) is 4.79 Å². The smallest absolute Gasteiger partial charge is 0.137 e. The Hall–Kier alpha value is -0.370. The Bertz CT molecular complexity index is 161. The SMILES string of the molecule is O=C1CCC[C@@H]1[C@H]1CCCN1. The van der Waals surface area contributed by atoms with Crippen LogP contribution in [0.4, 0.5) is 0 Å². The Kier molecular flexibility index (Phi) is 1.95. The number of carbonyl (C=O) groups excluding carboxylic acids is 1. The van der Waals surface area contributed by atoms with E-state index in [0.29, 0.717) is 17.7 Å². The Morgan fingerprint density at radius 1 is 1.27 bits per heavy atom. The Morgan fingerprint density at radius 2 is 2.18 bits per heavy atom. The normalized spacial score (nSPS) is 38.4. The van der Waals surface area contributed by atoms with Gasteiger partial charge in [-0.2, -0.15) is 0 Å². The molecular formula is C9H15NO. The highest BCUT2D eigenvalue weighted by Crippen LogP contribution is 2.28. The molecule has 0 aromatic carbocycles. The molecule has 0 radical (unpaired) electrons. The molecule has 0 spiro atoms. The fourth-order valence-electron chi connectivity index (χ4n) is 2.32. The molecule has 1 saturated heterocycles. The fraction of sp³-hybridized carbons (Fsp3) is 0.889. The minimum Gasteiger partial charge on any atom is -0.313 e. The third-order valence-electron chi connectivity index (χ3n) is 2.94. The van der Waals surface area contributed by atoms with E-state index in [4.69, 9.17) is 0 Å². The highest BCUT2D eigenvalue weighted by Gasteiger charge is 2.33. The lowest BCUT2D eigenvalue weighted by Crippen LogP contribution is -2.32. The second-order valence-electron chi connectivity index (χ2n) is 3.67. The molecule has 2 atom stereocenters. The number of rotatable bonds is 1. The average molecular weight is 153 g/mol. The van der Waals surface area contributed by atoms with Crippen molar-refractivity contribution in [2.45, 2.75) is 38.1 Å². The van der Waals surface area contributed by atoms with Crippen LogP contribution in [-0.2, 0) is 4.79 Å². The van der Waals surface area contributed by atoms with Gasteiger partial charge in [0.2, 0.25) is 0 Å². The van der Waals surface area contributed by atoms with Crippen LogP contribution in [-0.4, -0.2) is 18.4 Å². The van der Waals surface area contributed by atoms with Crippen molar-refractivity contribution < 1.29 is 4.79 Å². The molecule has 1 aliphatic heterocycles. The minimum absolute atomic E-state index is 0.373. The molecule has 11 heavy (non-hydrogen) atoms.